The molecule has 3 heteroatoms. The molecular weight excluding hydrogens is 426 g/mol. The van der Waals surface area contributed by atoms with Gasteiger partial charge in [0, 0.05) is 17.0 Å². The van der Waals surface area contributed by atoms with Gasteiger partial charge in [-0.1, -0.05) is 48.5 Å². The Balaban J connectivity index is 1.44. The summed E-state index contributed by atoms with van der Waals surface area (Å²) in [5.41, 5.74) is 16.6. The number of rotatable bonds is 0. The van der Waals surface area contributed by atoms with Crippen LogP contribution in [0.4, 0.5) is 0 Å². The number of hydrogen-bond donors (Lipinski definition) is 0. The van der Waals surface area contributed by atoms with E-state index in [1.807, 2.05) is 12.3 Å². The Bertz CT molecular complexity index is 2060. The molecule has 0 saturated heterocycles. The van der Waals surface area contributed by atoms with Crippen LogP contribution in [-0.4, -0.2) is 14.4 Å². The van der Waals surface area contributed by atoms with Gasteiger partial charge in [0.25, 0.3) is 0 Å². The first-order valence-electron chi connectivity index (χ1n) is 12.2. The minimum atomic E-state index is 0.961. The number of imidazole rings is 1. The van der Waals surface area contributed by atoms with Crippen LogP contribution in [0, 0.1) is 0 Å². The number of pyridine rings is 2. The molecule has 0 fully saturated rings. The zero-order chi connectivity index (χ0) is 22.7. The van der Waals surface area contributed by atoms with Gasteiger partial charge in [-0.05, 0) is 93.7 Å². The van der Waals surface area contributed by atoms with Crippen molar-refractivity contribution in [3.63, 3.8) is 0 Å². The molecule has 9 rings (SSSR count). The smallest absolute Gasteiger partial charge is 0.146 e. The molecule has 0 atom stereocenters. The predicted octanol–water partition coefficient (Wildman–Crippen LogP) is 7.33. The number of para-hydroxylation sites is 2. The Morgan fingerprint density at radius 2 is 1.37 bits per heavy atom. The molecule has 0 spiro atoms. The van der Waals surface area contributed by atoms with Crippen molar-refractivity contribution < 1.29 is 0 Å². The Morgan fingerprint density at radius 1 is 0.600 bits per heavy atom. The van der Waals surface area contributed by atoms with E-state index in [-0.39, 0.29) is 0 Å². The van der Waals surface area contributed by atoms with Crippen molar-refractivity contribution in [1.82, 2.24) is 14.4 Å². The highest BCUT2D eigenvalue weighted by molar-refractivity contribution is 6.14. The van der Waals surface area contributed by atoms with E-state index in [0.717, 1.165) is 40.6 Å². The molecule has 35 heavy (non-hydrogen) atoms. The van der Waals surface area contributed by atoms with Crippen LogP contribution >= 0.6 is 0 Å². The van der Waals surface area contributed by atoms with E-state index in [1.54, 1.807) is 0 Å². The Hall–Kier alpha value is -4.50. The third-order valence-corrected chi connectivity index (χ3v) is 8.02. The maximum Gasteiger partial charge on any atom is 0.146 e. The van der Waals surface area contributed by atoms with Crippen LogP contribution in [-0.2, 0) is 12.8 Å². The maximum atomic E-state index is 5.09. The van der Waals surface area contributed by atoms with E-state index < -0.39 is 0 Å². The standard InChI is InChI=1S/C32H19N3/c1-2-7-22-18(6-1)14-19-11-12-20-15-21-16-25-24(17-23(21)30(20)29(19)22)31-28(10-5-13-33-31)35-27-9-4-3-8-26(27)34-32(25)35/h1-13,16-17H,14-15H2. The van der Waals surface area contributed by atoms with Gasteiger partial charge in [0.1, 0.15) is 5.65 Å². The summed E-state index contributed by atoms with van der Waals surface area (Å²) >= 11 is 0. The molecule has 3 nitrogen and oxygen atoms in total. The van der Waals surface area contributed by atoms with Gasteiger partial charge in [-0.2, -0.15) is 0 Å². The zero-order valence-electron chi connectivity index (χ0n) is 18.9. The van der Waals surface area contributed by atoms with Gasteiger partial charge in [-0.3, -0.25) is 9.38 Å². The highest BCUT2D eigenvalue weighted by atomic mass is 15.0. The molecule has 2 aliphatic carbocycles. The van der Waals surface area contributed by atoms with Gasteiger partial charge >= 0.3 is 0 Å². The summed E-state index contributed by atoms with van der Waals surface area (Å²) < 4.78 is 2.28. The molecule has 3 heterocycles. The zero-order valence-corrected chi connectivity index (χ0v) is 18.9. The van der Waals surface area contributed by atoms with Gasteiger partial charge < -0.3 is 0 Å². The topological polar surface area (TPSA) is 30.2 Å². The number of fused-ring (bicyclic) bond motifs is 15. The highest BCUT2D eigenvalue weighted by Crippen LogP contribution is 2.50. The Kier molecular flexibility index (Phi) is 3.14. The summed E-state index contributed by atoms with van der Waals surface area (Å²) in [7, 11) is 0. The van der Waals surface area contributed by atoms with E-state index in [1.165, 1.54) is 55.3 Å². The molecule has 7 aromatic rings. The van der Waals surface area contributed by atoms with Gasteiger partial charge in [0.05, 0.1) is 22.1 Å². The van der Waals surface area contributed by atoms with Crippen molar-refractivity contribution in [1.29, 1.82) is 0 Å². The molecule has 0 unspecified atom stereocenters. The summed E-state index contributed by atoms with van der Waals surface area (Å²) in [4.78, 5) is 9.98. The van der Waals surface area contributed by atoms with Crippen molar-refractivity contribution in [2.75, 3.05) is 0 Å². The third-order valence-electron chi connectivity index (χ3n) is 8.02. The lowest BCUT2D eigenvalue weighted by atomic mass is 9.93. The number of benzene rings is 4. The predicted molar refractivity (Wildman–Crippen MR) is 142 cm³/mol. The molecule has 0 radical (unpaired) electrons. The van der Waals surface area contributed by atoms with Crippen LogP contribution in [0.2, 0.25) is 0 Å². The molecule has 0 amide bonds. The Morgan fingerprint density at radius 3 is 2.31 bits per heavy atom. The molecule has 2 aliphatic rings. The van der Waals surface area contributed by atoms with Crippen molar-refractivity contribution in [2.24, 2.45) is 0 Å². The largest absolute Gasteiger partial charge is 0.290 e. The van der Waals surface area contributed by atoms with E-state index >= 15 is 0 Å². The first-order valence-corrected chi connectivity index (χ1v) is 12.2. The fraction of sp³-hybridized carbons (Fsp3) is 0.0625. The van der Waals surface area contributed by atoms with E-state index in [2.05, 4.69) is 83.3 Å². The van der Waals surface area contributed by atoms with Gasteiger partial charge in [-0.15, -0.1) is 0 Å². The number of aromatic nitrogens is 3. The van der Waals surface area contributed by atoms with Crippen LogP contribution in [0.25, 0.3) is 60.7 Å². The lowest BCUT2D eigenvalue weighted by Crippen LogP contribution is -1.94. The summed E-state index contributed by atoms with van der Waals surface area (Å²) in [5, 5.41) is 2.36. The second-order valence-electron chi connectivity index (χ2n) is 9.83. The van der Waals surface area contributed by atoms with Crippen molar-refractivity contribution in [2.45, 2.75) is 12.8 Å². The van der Waals surface area contributed by atoms with Crippen molar-refractivity contribution in [3.05, 3.63) is 113 Å². The molecule has 0 N–H and O–H groups in total. The minimum absolute atomic E-state index is 0.961. The summed E-state index contributed by atoms with van der Waals surface area (Å²) in [6.45, 7) is 0. The maximum absolute atomic E-state index is 5.09. The molecule has 4 aromatic carbocycles. The molecule has 3 aromatic heterocycles. The van der Waals surface area contributed by atoms with Crippen LogP contribution < -0.4 is 0 Å². The monoisotopic (exact) mass is 445 g/mol. The second kappa shape index (κ2) is 6.13. The van der Waals surface area contributed by atoms with E-state index in [4.69, 9.17) is 9.97 Å². The molecule has 0 bridgehead atoms. The average molecular weight is 446 g/mol. The SMILES string of the molecule is c1ccc2c(c1)Cc1ccc3c(c1-2)-c1cc2c(cc1C3)c1nc3ccccc3n1c1cccnc21. The third kappa shape index (κ3) is 2.17. The molecule has 162 valence electrons. The average Bonchev–Trinajstić information content (AvgIpc) is 3.58. The Labute approximate surface area is 201 Å². The van der Waals surface area contributed by atoms with Crippen LogP contribution in [0.5, 0.6) is 0 Å². The minimum Gasteiger partial charge on any atom is -0.290 e. The highest BCUT2D eigenvalue weighted by Gasteiger charge is 2.29. The first-order chi connectivity index (χ1) is 17.3. The molecular formula is C32H19N3. The fourth-order valence-corrected chi connectivity index (χ4v) is 6.57. The molecule has 0 saturated carbocycles. The van der Waals surface area contributed by atoms with Crippen LogP contribution in [0.3, 0.4) is 0 Å². The normalized spacial score (nSPS) is 13.5. The fourth-order valence-electron chi connectivity index (χ4n) is 6.57. The van der Waals surface area contributed by atoms with E-state index in [0.29, 0.717) is 0 Å². The van der Waals surface area contributed by atoms with Crippen LogP contribution in [0.1, 0.15) is 22.3 Å². The quantitative estimate of drug-likeness (QED) is 0.229. The molecule has 0 aliphatic heterocycles. The van der Waals surface area contributed by atoms with Crippen molar-refractivity contribution >= 4 is 38.5 Å². The second-order valence-corrected chi connectivity index (χ2v) is 9.83. The summed E-state index contributed by atoms with van der Waals surface area (Å²) in [6, 6.07) is 30.9. The van der Waals surface area contributed by atoms with Crippen LogP contribution in [0.15, 0.2) is 91.1 Å². The lowest BCUT2D eigenvalue weighted by molar-refractivity contribution is 1.23. The summed E-state index contributed by atoms with van der Waals surface area (Å²) in [6.07, 6.45) is 3.89. The van der Waals surface area contributed by atoms with Crippen molar-refractivity contribution in [3.8, 4) is 22.3 Å². The van der Waals surface area contributed by atoms with E-state index in [9.17, 15) is 0 Å². The number of hydrogen-bond acceptors (Lipinski definition) is 2. The first kappa shape index (κ1) is 17.9. The van der Waals surface area contributed by atoms with Gasteiger partial charge in [0.2, 0.25) is 0 Å². The van der Waals surface area contributed by atoms with Gasteiger partial charge in [0.15, 0.2) is 0 Å². The lowest BCUT2D eigenvalue weighted by Gasteiger charge is -2.13. The summed E-state index contributed by atoms with van der Waals surface area (Å²) in [5.74, 6) is 0. The number of nitrogens with zero attached hydrogens (tertiary/aromatic N) is 3. The van der Waals surface area contributed by atoms with Gasteiger partial charge in [-0.25, -0.2) is 4.98 Å².